The van der Waals surface area contributed by atoms with Gasteiger partial charge in [-0.2, -0.15) is 5.10 Å². The number of carboxylic acid groups (broad SMARTS) is 1. The van der Waals surface area contributed by atoms with Crippen LogP contribution in [0.2, 0.25) is 10.0 Å². The summed E-state index contributed by atoms with van der Waals surface area (Å²) in [6.45, 7) is 10.9. The third-order valence-electron chi connectivity index (χ3n) is 9.59. The van der Waals surface area contributed by atoms with Crippen molar-refractivity contribution < 1.29 is 23.8 Å². The number of carboxylic acids is 1. The molecule has 49 heavy (non-hydrogen) atoms. The Morgan fingerprint density at radius 2 is 1.78 bits per heavy atom. The molecule has 0 radical (unpaired) electrons. The van der Waals surface area contributed by atoms with E-state index >= 15 is 0 Å². The maximum Gasteiger partial charge on any atom is 0.371 e. The number of furan rings is 1. The van der Waals surface area contributed by atoms with Crippen LogP contribution in [0.3, 0.4) is 0 Å². The van der Waals surface area contributed by atoms with Gasteiger partial charge in [0.1, 0.15) is 17.0 Å². The van der Waals surface area contributed by atoms with Gasteiger partial charge in [0, 0.05) is 57.9 Å². The lowest BCUT2D eigenvalue weighted by Crippen LogP contribution is -2.42. The Morgan fingerprint density at radius 1 is 1.04 bits per heavy atom. The van der Waals surface area contributed by atoms with E-state index in [2.05, 4.69) is 16.6 Å². The van der Waals surface area contributed by atoms with Crippen LogP contribution in [-0.4, -0.2) is 44.5 Å². The average molecular weight is 700 g/mol. The lowest BCUT2D eigenvalue weighted by atomic mass is 9.98. The lowest BCUT2D eigenvalue weighted by molar-refractivity contribution is 0.0664. The van der Waals surface area contributed by atoms with E-state index in [1.807, 2.05) is 69.8 Å². The van der Waals surface area contributed by atoms with Crippen LogP contribution in [0.5, 0.6) is 5.75 Å². The normalized spacial score (nSPS) is 14.7. The molecular weight excluding hydrogens is 663 g/mol. The third kappa shape index (κ3) is 5.45. The van der Waals surface area contributed by atoms with E-state index in [0.29, 0.717) is 53.4 Å². The highest BCUT2D eigenvalue weighted by molar-refractivity contribution is 6.35. The van der Waals surface area contributed by atoms with E-state index in [0.717, 1.165) is 60.9 Å². The number of anilines is 1. The molecule has 7 rings (SSSR count). The minimum Gasteiger partial charge on any atom is -0.494 e. The molecule has 1 aliphatic heterocycles. The number of benzene rings is 3. The van der Waals surface area contributed by atoms with Crippen LogP contribution in [0.1, 0.15) is 68.5 Å². The summed E-state index contributed by atoms with van der Waals surface area (Å²) in [4.78, 5) is 28.1. The highest BCUT2D eigenvalue weighted by Gasteiger charge is 2.37. The summed E-state index contributed by atoms with van der Waals surface area (Å²) in [6.07, 6.45) is 1.25. The molecule has 1 unspecified atom stereocenters. The molecule has 1 N–H and O–H groups in total. The van der Waals surface area contributed by atoms with Crippen molar-refractivity contribution in [3.05, 3.63) is 98.1 Å². The van der Waals surface area contributed by atoms with E-state index in [4.69, 9.17) is 32.4 Å². The SMILES string of the molecule is Cc1cc(OCCCc2c3n(c4c(-c5c(C)nn(C)c5C)c(Cl)ccc24)C(C)CN(c2ccc4oc(C(=O)O)cc4c2)C3=O)cc(C)c1Cl. The number of carbonyl (C=O) groups is 2. The fraction of sp³-hybridized carbons (Fsp3) is 0.289. The number of halogens is 2. The van der Waals surface area contributed by atoms with Gasteiger partial charge >= 0.3 is 5.97 Å². The highest BCUT2D eigenvalue weighted by Crippen LogP contribution is 2.45. The summed E-state index contributed by atoms with van der Waals surface area (Å²) >= 11 is 13.4. The quantitative estimate of drug-likeness (QED) is 0.159. The van der Waals surface area contributed by atoms with E-state index in [9.17, 15) is 14.7 Å². The van der Waals surface area contributed by atoms with E-state index in [1.165, 1.54) is 6.07 Å². The van der Waals surface area contributed by atoms with Crippen LogP contribution in [0.4, 0.5) is 5.69 Å². The van der Waals surface area contributed by atoms with Crippen molar-refractivity contribution in [3.8, 4) is 16.9 Å². The van der Waals surface area contributed by atoms with Crippen molar-refractivity contribution in [1.29, 1.82) is 0 Å². The molecule has 0 spiro atoms. The lowest BCUT2D eigenvalue weighted by Gasteiger charge is -2.34. The van der Waals surface area contributed by atoms with Crippen LogP contribution in [0.25, 0.3) is 33.0 Å². The first-order valence-electron chi connectivity index (χ1n) is 16.2. The molecule has 0 bridgehead atoms. The Morgan fingerprint density at radius 3 is 2.45 bits per heavy atom. The number of nitrogens with zero attached hydrogens (tertiary/aromatic N) is 4. The number of carbonyl (C=O) groups excluding carboxylic acids is 1. The molecule has 11 heteroatoms. The van der Waals surface area contributed by atoms with Crippen molar-refractivity contribution in [2.45, 2.75) is 53.5 Å². The molecule has 9 nitrogen and oxygen atoms in total. The Balaban J connectivity index is 1.34. The average Bonchev–Trinajstić information content (AvgIpc) is 3.71. The monoisotopic (exact) mass is 698 g/mol. The molecule has 3 aromatic heterocycles. The number of hydrogen-bond donors (Lipinski definition) is 1. The number of ether oxygens (including phenoxy) is 1. The minimum absolute atomic E-state index is 0.121. The van der Waals surface area contributed by atoms with Gasteiger partial charge in [-0.1, -0.05) is 29.3 Å². The minimum atomic E-state index is -1.14. The number of amides is 1. The van der Waals surface area contributed by atoms with Crippen molar-refractivity contribution >= 4 is 62.6 Å². The van der Waals surface area contributed by atoms with Gasteiger partial charge < -0.3 is 23.7 Å². The van der Waals surface area contributed by atoms with E-state index < -0.39 is 5.97 Å². The smallest absolute Gasteiger partial charge is 0.371 e. The van der Waals surface area contributed by atoms with Crippen molar-refractivity contribution in [2.75, 3.05) is 18.1 Å². The first-order valence-corrected chi connectivity index (χ1v) is 16.9. The summed E-state index contributed by atoms with van der Waals surface area (Å²) in [5.41, 5.74) is 9.15. The standard InChI is InChI=1S/C38H36Cl2N4O5/c1-19-14-26(15-20(2)34(19)40)48-13-7-8-27-28-10-11-29(39)33(32-22(4)41-42(6)23(32)5)35(28)44-21(3)18-43(37(45)36(27)44)25-9-12-30-24(16-25)17-31(49-30)38(46)47/h9-12,14-17,21H,7-8,13,18H2,1-6H3,(H,46,47). The Bertz CT molecular complexity index is 2310. The second-order valence-corrected chi connectivity index (χ2v) is 13.7. The molecule has 0 fully saturated rings. The number of fused-ring (bicyclic) bond motifs is 4. The van der Waals surface area contributed by atoms with Crippen LogP contribution < -0.4 is 9.64 Å². The summed E-state index contributed by atoms with van der Waals surface area (Å²) in [7, 11) is 1.92. The topological polar surface area (TPSA) is 103 Å². The zero-order valence-corrected chi connectivity index (χ0v) is 29.7. The second-order valence-electron chi connectivity index (χ2n) is 12.9. The fourth-order valence-electron chi connectivity index (χ4n) is 7.26. The molecule has 1 amide bonds. The molecule has 0 saturated heterocycles. The summed E-state index contributed by atoms with van der Waals surface area (Å²) in [5, 5.41) is 17.0. The van der Waals surface area contributed by atoms with Gasteiger partial charge in [0.15, 0.2) is 0 Å². The maximum absolute atomic E-state index is 14.7. The number of aryl methyl sites for hydroxylation is 5. The molecule has 252 valence electrons. The van der Waals surface area contributed by atoms with Crippen molar-refractivity contribution in [1.82, 2.24) is 14.3 Å². The molecule has 0 saturated carbocycles. The Kier molecular flexibility index (Phi) is 8.24. The maximum atomic E-state index is 14.7. The molecule has 0 aliphatic carbocycles. The van der Waals surface area contributed by atoms with E-state index in [-0.39, 0.29) is 17.7 Å². The molecule has 4 heterocycles. The second kappa shape index (κ2) is 12.3. The zero-order chi connectivity index (χ0) is 34.9. The first kappa shape index (κ1) is 32.8. The highest BCUT2D eigenvalue weighted by atomic mass is 35.5. The number of hydrogen-bond acceptors (Lipinski definition) is 5. The van der Waals surface area contributed by atoms with Gasteiger partial charge in [-0.25, -0.2) is 4.79 Å². The molecule has 1 atom stereocenters. The Hall–Kier alpha value is -4.73. The summed E-state index contributed by atoms with van der Waals surface area (Å²) in [5.74, 6) is -0.675. The van der Waals surface area contributed by atoms with Crippen LogP contribution >= 0.6 is 23.2 Å². The Labute approximate surface area is 293 Å². The number of aromatic nitrogens is 3. The number of aromatic carboxylic acids is 1. The molecule has 3 aromatic carbocycles. The van der Waals surface area contributed by atoms with Crippen LogP contribution in [-0.2, 0) is 13.5 Å². The van der Waals surface area contributed by atoms with Gasteiger partial charge in [-0.05, 0) is 107 Å². The fourth-order valence-corrected chi connectivity index (χ4v) is 7.61. The largest absolute Gasteiger partial charge is 0.494 e. The van der Waals surface area contributed by atoms with Gasteiger partial charge in [-0.3, -0.25) is 9.48 Å². The van der Waals surface area contributed by atoms with E-state index in [1.54, 1.807) is 17.0 Å². The zero-order valence-electron chi connectivity index (χ0n) is 28.1. The molecule has 1 aliphatic rings. The third-order valence-corrected chi connectivity index (χ3v) is 10.5. The predicted octanol–water partition coefficient (Wildman–Crippen LogP) is 9.26. The van der Waals surface area contributed by atoms with Crippen molar-refractivity contribution in [3.63, 3.8) is 0 Å². The molecule has 6 aromatic rings. The van der Waals surface area contributed by atoms with Crippen LogP contribution in [0, 0.1) is 27.7 Å². The summed E-state index contributed by atoms with van der Waals surface area (Å²) < 4.78 is 15.7. The van der Waals surface area contributed by atoms with Gasteiger partial charge in [0.25, 0.3) is 5.91 Å². The van der Waals surface area contributed by atoms with Crippen LogP contribution in [0.15, 0.2) is 52.9 Å². The van der Waals surface area contributed by atoms with Gasteiger partial charge in [0.05, 0.1) is 22.8 Å². The van der Waals surface area contributed by atoms with Gasteiger partial charge in [0.2, 0.25) is 5.76 Å². The predicted molar refractivity (Wildman–Crippen MR) is 193 cm³/mol. The van der Waals surface area contributed by atoms with Gasteiger partial charge in [-0.15, -0.1) is 0 Å². The summed E-state index contributed by atoms with van der Waals surface area (Å²) in [6, 6.07) is 14.5. The first-order chi connectivity index (χ1) is 23.3. The van der Waals surface area contributed by atoms with Crippen molar-refractivity contribution in [2.24, 2.45) is 7.05 Å². The number of rotatable bonds is 8. The molecular formula is C38H36Cl2N4O5.